The molecule has 1 heterocycles. The highest BCUT2D eigenvalue weighted by Crippen LogP contribution is 2.33. The van der Waals surface area contributed by atoms with Crippen molar-refractivity contribution in [3.8, 4) is 11.8 Å². The third-order valence-electron chi connectivity index (χ3n) is 6.06. The second-order valence-corrected chi connectivity index (χ2v) is 8.58. The van der Waals surface area contributed by atoms with Crippen LogP contribution in [0.1, 0.15) is 45.7 Å². The first-order valence-corrected chi connectivity index (χ1v) is 12.2. The second kappa shape index (κ2) is 12.7. The van der Waals surface area contributed by atoms with Crippen molar-refractivity contribution in [1.82, 2.24) is 15.5 Å². The van der Waals surface area contributed by atoms with E-state index in [0.29, 0.717) is 30.1 Å². The summed E-state index contributed by atoms with van der Waals surface area (Å²) in [6.45, 7) is 22.9. The number of nitrogens with two attached hydrogens (primary N) is 2. The van der Waals surface area contributed by atoms with Gasteiger partial charge < -0.3 is 27.0 Å². The van der Waals surface area contributed by atoms with Crippen molar-refractivity contribution in [1.29, 1.82) is 0 Å². The lowest BCUT2D eigenvalue weighted by atomic mass is 9.83. The number of ketones is 1. The van der Waals surface area contributed by atoms with Crippen LogP contribution in [-0.2, 0) is 17.9 Å². The van der Waals surface area contributed by atoms with E-state index in [1.54, 1.807) is 17.1 Å². The molecule has 2 atom stereocenters. The van der Waals surface area contributed by atoms with Crippen LogP contribution in [0.3, 0.4) is 0 Å². The number of allylic oxidation sites excluding steroid dienone is 6. The highest BCUT2D eigenvalue weighted by atomic mass is 16.1. The van der Waals surface area contributed by atoms with Gasteiger partial charge in [0.25, 0.3) is 0 Å². The van der Waals surface area contributed by atoms with Crippen LogP contribution in [0, 0.1) is 17.8 Å². The standard InChI is InChI=1S/C28H33N5O.C2H6/c1-17(13-25(22(6)34)33-18(2)9-7-12-26(33)29)21(5)31-15-23-10-8-11-24(14-23)16-32-28-20(4)19(3)27(28)30;1-2/h8-11,13-14,20,26,31-32H,1,3,5,15-16,29-30H2,2,4,6H3;1-2H3/b25-13-;. The lowest BCUT2D eigenvalue weighted by Crippen LogP contribution is -2.42. The number of Topliss-reactive ketones (excluding diaryl/α,β-unsaturated/α-hetero) is 1. The Labute approximate surface area is 216 Å². The summed E-state index contributed by atoms with van der Waals surface area (Å²) in [6.07, 6.45) is 2.86. The molecule has 0 saturated carbocycles. The van der Waals surface area contributed by atoms with E-state index < -0.39 is 6.17 Å². The molecule has 0 aromatic heterocycles. The van der Waals surface area contributed by atoms with Crippen LogP contribution in [0.15, 0.2) is 95.8 Å². The number of nitrogens with zero attached hydrogens (tertiary/aromatic N) is 1. The van der Waals surface area contributed by atoms with Crippen LogP contribution in [0.25, 0.3) is 0 Å². The molecule has 6 nitrogen and oxygen atoms in total. The minimum absolute atomic E-state index is 0.124. The van der Waals surface area contributed by atoms with E-state index in [-0.39, 0.29) is 11.7 Å². The van der Waals surface area contributed by atoms with Gasteiger partial charge in [0.15, 0.2) is 5.78 Å². The molecular weight excluding hydrogens is 446 g/mol. The molecule has 2 unspecified atom stereocenters. The average molecular weight is 486 g/mol. The fourth-order valence-corrected chi connectivity index (χ4v) is 3.87. The van der Waals surface area contributed by atoms with Gasteiger partial charge in [-0.15, -0.1) is 0 Å². The SMILES string of the molecule is C=C(/C=C(/C(C)=O)N1C(C)=CC#CC1N)C(=C)NCc1cccc(CNC2=C(N)C(=C)C2C)c1.CC. The van der Waals surface area contributed by atoms with Crippen LogP contribution in [0.2, 0.25) is 0 Å². The van der Waals surface area contributed by atoms with Gasteiger partial charge >= 0.3 is 0 Å². The summed E-state index contributed by atoms with van der Waals surface area (Å²) in [6, 6.07) is 8.27. The Balaban J connectivity index is 0.00000222. The minimum Gasteiger partial charge on any atom is -0.397 e. The summed E-state index contributed by atoms with van der Waals surface area (Å²) < 4.78 is 0. The molecule has 2 aliphatic rings. The van der Waals surface area contributed by atoms with Gasteiger partial charge in [-0.3, -0.25) is 4.79 Å². The number of nitrogens with one attached hydrogen (secondary N) is 2. The van der Waals surface area contributed by atoms with Gasteiger partial charge in [-0.05, 0) is 35.3 Å². The Morgan fingerprint density at radius 2 is 1.86 bits per heavy atom. The zero-order valence-corrected chi connectivity index (χ0v) is 22.2. The molecule has 190 valence electrons. The van der Waals surface area contributed by atoms with Crippen LogP contribution in [0.4, 0.5) is 0 Å². The smallest absolute Gasteiger partial charge is 0.176 e. The number of hydrogen-bond acceptors (Lipinski definition) is 6. The number of rotatable bonds is 10. The minimum atomic E-state index is -0.586. The van der Waals surface area contributed by atoms with E-state index in [4.69, 9.17) is 11.5 Å². The molecular formula is C30H39N5O. The van der Waals surface area contributed by atoms with Gasteiger partial charge in [0.05, 0.1) is 11.4 Å². The first kappa shape index (κ1) is 28.3. The van der Waals surface area contributed by atoms with Crippen molar-refractivity contribution >= 4 is 5.78 Å². The van der Waals surface area contributed by atoms with Crippen LogP contribution >= 0.6 is 0 Å². The van der Waals surface area contributed by atoms with Crippen molar-refractivity contribution in [2.24, 2.45) is 17.4 Å². The first-order chi connectivity index (χ1) is 17.1. The maximum Gasteiger partial charge on any atom is 0.176 e. The van der Waals surface area contributed by atoms with Crippen LogP contribution in [-0.4, -0.2) is 16.8 Å². The predicted octanol–water partition coefficient (Wildman–Crippen LogP) is 4.32. The third-order valence-corrected chi connectivity index (χ3v) is 6.06. The van der Waals surface area contributed by atoms with Crippen LogP contribution < -0.4 is 22.1 Å². The van der Waals surface area contributed by atoms with E-state index in [9.17, 15) is 4.79 Å². The summed E-state index contributed by atoms with van der Waals surface area (Å²) in [5.74, 6) is 5.90. The molecule has 0 bridgehead atoms. The Kier molecular flexibility index (Phi) is 9.95. The number of carbonyl (C=O) groups is 1. The Morgan fingerprint density at radius 3 is 2.44 bits per heavy atom. The third kappa shape index (κ3) is 6.59. The maximum absolute atomic E-state index is 12.3. The molecule has 1 aliphatic heterocycles. The second-order valence-electron chi connectivity index (χ2n) is 8.58. The van der Waals surface area contributed by atoms with Gasteiger partial charge in [-0.25, -0.2) is 0 Å². The fourth-order valence-electron chi connectivity index (χ4n) is 3.87. The molecule has 0 spiro atoms. The molecule has 0 saturated heterocycles. The Hall–Kier alpha value is -3.95. The van der Waals surface area contributed by atoms with E-state index in [1.807, 2.05) is 32.9 Å². The normalized spacial score (nSPS) is 18.6. The molecule has 3 rings (SSSR count). The molecule has 6 heteroatoms. The van der Waals surface area contributed by atoms with E-state index in [2.05, 4.69) is 61.3 Å². The van der Waals surface area contributed by atoms with Gasteiger partial charge in [-0.2, -0.15) is 0 Å². The molecule has 0 radical (unpaired) electrons. The number of carbonyl (C=O) groups excluding carboxylic acids is 1. The monoisotopic (exact) mass is 485 g/mol. The summed E-state index contributed by atoms with van der Waals surface area (Å²) >= 11 is 0. The summed E-state index contributed by atoms with van der Waals surface area (Å²) in [4.78, 5) is 14.1. The quantitative estimate of drug-likeness (QED) is 0.224. The Morgan fingerprint density at radius 1 is 1.22 bits per heavy atom. The van der Waals surface area contributed by atoms with Crippen molar-refractivity contribution in [3.05, 3.63) is 107 Å². The molecule has 0 amide bonds. The molecule has 0 fully saturated rings. The fraction of sp³-hybridized carbons (Fsp3) is 0.300. The van der Waals surface area contributed by atoms with Gasteiger partial charge in [0, 0.05) is 49.1 Å². The lowest BCUT2D eigenvalue weighted by molar-refractivity contribution is -0.115. The van der Waals surface area contributed by atoms with Crippen molar-refractivity contribution in [3.63, 3.8) is 0 Å². The predicted molar refractivity (Wildman–Crippen MR) is 149 cm³/mol. The highest BCUT2D eigenvalue weighted by Gasteiger charge is 2.27. The van der Waals surface area contributed by atoms with Crippen molar-refractivity contribution in [2.75, 3.05) is 0 Å². The van der Waals surface area contributed by atoms with E-state index >= 15 is 0 Å². The van der Waals surface area contributed by atoms with E-state index in [0.717, 1.165) is 33.8 Å². The largest absolute Gasteiger partial charge is 0.397 e. The summed E-state index contributed by atoms with van der Waals surface area (Å²) in [5.41, 5.74) is 19.7. The number of benzene rings is 1. The Bertz CT molecular complexity index is 1210. The molecule has 1 aromatic rings. The van der Waals surface area contributed by atoms with Gasteiger partial charge in [0.2, 0.25) is 0 Å². The molecule has 6 N–H and O–H groups in total. The van der Waals surface area contributed by atoms with Gasteiger partial charge in [-0.1, -0.05) is 76.6 Å². The van der Waals surface area contributed by atoms with Gasteiger partial charge in [0.1, 0.15) is 6.17 Å². The summed E-state index contributed by atoms with van der Waals surface area (Å²) in [7, 11) is 0. The van der Waals surface area contributed by atoms with E-state index in [1.165, 1.54) is 6.92 Å². The highest BCUT2D eigenvalue weighted by molar-refractivity contribution is 5.93. The van der Waals surface area contributed by atoms with Crippen LogP contribution in [0.5, 0.6) is 0 Å². The average Bonchev–Trinajstić information content (AvgIpc) is 2.87. The first-order valence-electron chi connectivity index (χ1n) is 12.2. The zero-order valence-electron chi connectivity index (χ0n) is 22.2. The summed E-state index contributed by atoms with van der Waals surface area (Å²) in [5, 5.41) is 6.72. The number of hydrogen-bond donors (Lipinski definition) is 4. The topological polar surface area (TPSA) is 96.4 Å². The van der Waals surface area contributed by atoms with Crippen molar-refractivity contribution in [2.45, 2.75) is 53.9 Å². The van der Waals surface area contributed by atoms with Crippen molar-refractivity contribution < 1.29 is 4.79 Å². The zero-order chi connectivity index (χ0) is 27.0. The molecule has 1 aliphatic carbocycles. The maximum atomic E-state index is 12.3. The lowest BCUT2D eigenvalue weighted by Gasteiger charge is -2.32. The molecule has 1 aromatic carbocycles. The molecule has 36 heavy (non-hydrogen) atoms.